The second kappa shape index (κ2) is 8.20. The first-order valence-corrected chi connectivity index (χ1v) is 6.46. The maximum absolute atomic E-state index is 11.8. The van der Waals surface area contributed by atoms with Gasteiger partial charge in [0.15, 0.2) is 0 Å². The smallest absolute Gasteiger partial charge is 0.324 e. The molecule has 0 unspecified atom stereocenters. The Bertz CT molecular complexity index is 410. The average Bonchev–Trinajstić information content (AvgIpc) is 2.25. The maximum atomic E-state index is 11.8. The molecule has 20 heavy (non-hydrogen) atoms. The third-order valence-corrected chi connectivity index (χ3v) is 2.58. The van der Waals surface area contributed by atoms with Crippen molar-refractivity contribution in [1.82, 2.24) is 10.2 Å². The topological polar surface area (TPSA) is 86.7 Å². The van der Waals surface area contributed by atoms with Crippen LogP contribution in [-0.4, -0.2) is 41.0 Å². The van der Waals surface area contributed by atoms with Crippen LogP contribution >= 0.6 is 0 Å². The number of nitrogens with zero attached hydrogens (tertiary/aromatic N) is 1. The molecule has 0 radical (unpaired) electrons. The molecular weight excluding hydrogens is 260 g/mol. The number of carbonyl (C=O) groups is 3. The first-order chi connectivity index (χ1) is 9.21. The first-order valence-electron chi connectivity index (χ1n) is 6.46. The van der Waals surface area contributed by atoms with Crippen molar-refractivity contribution in [2.75, 3.05) is 13.1 Å². The molecule has 6 nitrogen and oxygen atoms in total. The van der Waals surface area contributed by atoms with Crippen LogP contribution in [0.1, 0.15) is 40.0 Å². The zero-order chi connectivity index (χ0) is 15.8. The fourth-order valence-corrected chi connectivity index (χ4v) is 1.78. The van der Waals surface area contributed by atoms with E-state index in [1.165, 1.54) is 4.90 Å². The van der Waals surface area contributed by atoms with Gasteiger partial charge >= 0.3 is 12.0 Å². The van der Waals surface area contributed by atoms with E-state index in [0.717, 1.165) is 6.42 Å². The van der Waals surface area contributed by atoms with Crippen LogP contribution in [0.4, 0.5) is 4.79 Å². The molecule has 0 spiro atoms. The van der Waals surface area contributed by atoms with Crippen molar-refractivity contribution in [2.45, 2.75) is 40.0 Å². The molecule has 0 aromatic carbocycles. The normalized spacial score (nSPS) is 10.5. The van der Waals surface area contributed by atoms with Gasteiger partial charge in [-0.05, 0) is 11.8 Å². The molecule has 0 saturated heterocycles. The molecule has 0 aliphatic heterocycles. The third-order valence-electron chi connectivity index (χ3n) is 2.58. The average molecular weight is 282 g/mol. The molecule has 0 heterocycles. The first kappa shape index (κ1) is 18.0. The number of urea groups is 1. The van der Waals surface area contributed by atoms with Crippen molar-refractivity contribution in [2.24, 2.45) is 5.41 Å². The Kier molecular flexibility index (Phi) is 7.37. The predicted molar refractivity (Wildman–Crippen MR) is 74.9 cm³/mol. The molecular formula is C14H22N2O4. The van der Waals surface area contributed by atoms with E-state index in [9.17, 15) is 14.4 Å². The van der Waals surface area contributed by atoms with Crippen LogP contribution in [0.5, 0.6) is 0 Å². The van der Waals surface area contributed by atoms with Crippen molar-refractivity contribution in [3.05, 3.63) is 0 Å². The summed E-state index contributed by atoms with van der Waals surface area (Å²) >= 11 is 0. The number of carbonyl (C=O) groups excluding carboxylic acids is 2. The lowest BCUT2D eigenvalue weighted by Gasteiger charge is -2.23. The Balaban J connectivity index is 4.48. The number of terminal acetylenes is 1. The molecule has 0 rings (SSSR count). The minimum Gasteiger partial charge on any atom is -0.481 e. The molecule has 0 aromatic heterocycles. The molecule has 6 heteroatoms. The number of hydrogen-bond donors (Lipinski definition) is 2. The van der Waals surface area contributed by atoms with Crippen molar-refractivity contribution in [1.29, 1.82) is 0 Å². The van der Waals surface area contributed by atoms with E-state index in [1.54, 1.807) is 13.8 Å². The van der Waals surface area contributed by atoms with E-state index < -0.39 is 23.3 Å². The van der Waals surface area contributed by atoms with E-state index in [0.29, 0.717) is 6.54 Å². The van der Waals surface area contributed by atoms with Crippen LogP contribution in [0, 0.1) is 17.8 Å². The second-order valence-corrected chi connectivity index (χ2v) is 5.39. The van der Waals surface area contributed by atoms with Crippen LogP contribution in [-0.2, 0) is 9.59 Å². The summed E-state index contributed by atoms with van der Waals surface area (Å²) in [5, 5.41) is 11.0. The number of carboxylic acid groups (broad SMARTS) is 1. The highest BCUT2D eigenvalue weighted by Gasteiger charge is 2.26. The Morgan fingerprint density at radius 2 is 1.90 bits per heavy atom. The number of amides is 3. The van der Waals surface area contributed by atoms with Gasteiger partial charge in [0, 0.05) is 13.0 Å². The number of aliphatic carboxylic acids is 1. The molecule has 0 saturated carbocycles. The molecule has 2 N–H and O–H groups in total. The number of imide groups is 1. The van der Waals surface area contributed by atoms with E-state index in [2.05, 4.69) is 11.2 Å². The van der Waals surface area contributed by atoms with E-state index in [1.807, 2.05) is 6.92 Å². The van der Waals surface area contributed by atoms with Gasteiger partial charge < -0.3 is 10.0 Å². The third kappa shape index (κ3) is 7.41. The van der Waals surface area contributed by atoms with E-state index >= 15 is 0 Å². The number of rotatable bonds is 7. The fraction of sp³-hybridized carbons (Fsp3) is 0.643. The van der Waals surface area contributed by atoms with Crippen LogP contribution < -0.4 is 5.32 Å². The summed E-state index contributed by atoms with van der Waals surface area (Å²) in [5.74, 6) is 0.879. The minimum atomic E-state index is -0.978. The molecule has 0 atom stereocenters. The Labute approximate surface area is 119 Å². The van der Waals surface area contributed by atoms with Gasteiger partial charge in [-0.2, -0.15) is 0 Å². The largest absolute Gasteiger partial charge is 0.481 e. The zero-order valence-electron chi connectivity index (χ0n) is 12.2. The van der Waals surface area contributed by atoms with Crippen molar-refractivity contribution >= 4 is 17.9 Å². The van der Waals surface area contributed by atoms with Gasteiger partial charge in [-0.15, -0.1) is 6.42 Å². The summed E-state index contributed by atoms with van der Waals surface area (Å²) in [7, 11) is 0. The fourth-order valence-electron chi connectivity index (χ4n) is 1.78. The molecule has 112 valence electrons. The zero-order valence-corrected chi connectivity index (χ0v) is 12.2. The highest BCUT2D eigenvalue weighted by atomic mass is 16.4. The molecule has 0 aliphatic rings. The van der Waals surface area contributed by atoms with Crippen molar-refractivity contribution < 1.29 is 19.5 Å². The Morgan fingerprint density at radius 3 is 2.35 bits per heavy atom. The lowest BCUT2D eigenvalue weighted by Crippen LogP contribution is -2.44. The summed E-state index contributed by atoms with van der Waals surface area (Å²) in [6.07, 6.45) is 5.71. The van der Waals surface area contributed by atoms with Gasteiger partial charge in [-0.1, -0.05) is 26.7 Å². The van der Waals surface area contributed by atoms with Gasteiger partial charge in [0.1, 0.15) is 0 Å². The van der Waals surface area contributed by atoms with Gasteiger partial charge in [-0.25, -0.2) is 4.79 Å². The SMILES string of the molecule is C#CCN(CCC)C(=O)NC(=O)CC(C)(C)CC(=O)O. The monoisotopic (exact) mass is 282 g/mol. The molecule has 0 bridgehead atoms. The van der Waals surface area contributed by atoms with Crippen LogP contribution in [0.15, 0.2) is 0 Å². The molecule has 3 amide bonds. The molecule has 0 aromatic rings. The predicted octanol–water partition coefficient (Wildman–Crippen LogP) is 1.46. The van der Waals surface area contributed by atoms with Gasteiger partial charge in [0.05, 0.1) is 13.0 Å². The van der Waals surface area contributed by atoms with Gasteiger partial charge in [-0.3, -0.25) is 14.9 Å². The highest BCUT2D eigenvalue weighted by molar-refractivity contribution is 5.94. The number of hydrogen-bond acceptors (Lipinski definition) is 3. The maximum Gasteiger partial charge on any atom is 0.324 e. The lowest BCUT2D eigenvalue weighted by atomic mass is 9.85. The minimum absolute atomic E-state index is 0.0406. The van der Waals surface area contributed by atoms with Crippen molar-refractivity contribution in [3.63, 3.8) is 0 Å². The van der Waals surface area contributed by atoms with Crippen molar-refractivity contribution in [3.8, 4) is 12.3 Å². The standard InChI is InChI=1S/C14H22N2O4/c1-5-7-16(8-6-2)13(20)15-11(17)9-14(3,4)10-12(18)19/h1H,6-10H2,2-4H3,(H,18,19)(H,15,17,20). The number of nitrogens with one attached hydrogen (secondary N) is 1. The molecule has 0 fully saturated rings. The summed E-state index contributed by atoms with van der Waals surface area (Å²) in [6, 6.07) is -0.541. The second-order valence-electron chi connectivity index (χ2n) is 5.39. The molecule has 0 aliphatic carbocycles. The van der Waals surface area contributed by atoms with Gasteiger partial charge in [0.25, 0.3) is 0 Å². The van der Waals surface area contributed by atoms with Crippen LogP contribution in [0.2, 0.25) is 0 Å². The lowest BCUT2D eigenvalue weighted by molar-refractivity contribution is -0.139. The van der Waals surface area contributed by atoms with Crippen LogP contribution in [0.3, 0.4) is 0 Å². The van der Waals surface area contributed by atoms with E-state index in [-0.39, 0.29) is 19.4 Å². The van der Waals surface area contributed by atoms with E-state index in [4.69, 9.17) is 11.5 Å². The quantitative estimate of drug-likeness (QED) is 0.692. The Morgan fingerprint density at radius 1 is 1.30 bits per heavy atom. The summed E-state index contributed by atoms with van der Waals surface area (Å²) in [4.78, 5) is 35.6. The van der Waals surface area contributed by atoms with Gasteiger partial charge in [0.2, 0.25) is 5.91 Å². The highest BCUT2D eigenvalue weighted by Crippen LogP contribution is 2.24. The number of carboxylic acids is 1. The Hall–Kier alpha value is -2.03. The summed E-state index contributed by atoms with van der Waals surface area (Å²) in [6.45, 7) is 5.81. The summed E-state index contributed by atoms with van der Waals surface area (Å²) < 4.78 is 0. The summed E-state index contributed by atoms with van der Waals surface area (Å²) in [5.41, 5.74) is -0.710. The van der Waals surface area contributed by atoms with Crippen LogP contribution in [0.25, 0.3) is 0 Å².